The van der Waals surface area contributed by atoms with Gasteiger partial charge in [0.15, 0.2) is 13.2 Å². The minimum Gasteiger partial charge on any atom is -0.359 e. The lowest BCUT2D eigenvalue weighted by molar-refractivity contribution is -0.744. The monoisotopic (exact) mass is 1740 g/mol. The van der Waals surface area contributed by atoms with Crippen LogP contribution in [0.15, 0.2) is 341 Å². The molecule has 0 spiro atoms. The van der Waals surface area contributed by atoms with Crippen LogP contribution >= 0.6 is 0 Å². The minimum atomic E-state index is -2.13. The molecule has 17 aromatic rings. The number of para-hydroxylation sites is 1. The van der Waals surface area contributed by atoms with Crippen molar-refractivity contribution < 1.29 is 22.5 Å². The lowest BCUT2D eigenvalue weighted by Crippen LogP contribution is -2.37. The predicted octanol–water partition coefficient (Wildman–Crippen LogP) is 28.6. The van der Waals surface area contributed by atoms with Gasteiger partial charge in [0.2, 0.25) is 0 Å². The molecule has 10 nitrogen and oxygen atoms in total. The second-order valence-electron chi connectivity index (χ2n) is 36.9. The second kappa shape index (κ2) is 41.4. The number of rotatable bonds is 17. The third kappa shape index (κ3) is 19.7. The normalized spacial score (nSPS) is 12.7. The van der Waals surface area contributed by atoms with E-state index in [1.807, 2.05) is 57.7 Å². The van der Waals surface area contributed by atoms with Gasteiger partial charge < -0.3 is 9.80 Å². The molecule has 0 saturated carbocycles. The molecular formula is C122H136N10+4. The van der Waals surface area contributed by atoms with Crippen molar-refractivity contribution in [3.05, 3.63) is 419 Å². The highest BCUT2D eigenvalue weighted by atomic mass is 15.4. The van der Waals surface area contributed by atoms with Crippen LogP contribution in [0.5, 0.6) is 0 Å². The summed E-state index contributed by atoms with van der Waals surface area (Å²) in [6.07, 6.45) is 21.6. The standard InChI is InChI=1S/C36H39N2.C30H35N2.C19H21N2.C19H22N2.C18H19N2/c1-24(2)33-22-29(28-15-9-8-10-16-28)23-34(25(3)4)35(33)38-21-20-37(7)36(38)32-19-13-18-31(27(32)6)30-17-12-11-14-26(30)5;1-20(2)24-14-10-15-25(21(3)4)29(24)32-19-18-31(7)30(32)28-17-11-16-27(23(28)6)26-13-9-8-12-22(26)5;1-14-8-5-6-9-16(14)17-10-7-11-18(15(17)2)19-20(3)12-13-21(19)4;1-14-8-5-6-9-17(14)18-10-7-11-19(15(18)2)21-13-12-20(4)16(21)3;1-14-8-4-5-9-16(14)17-10-6-11-18(15(17)2)20-13-7-12-19(20)3/h8-25H,1-7H3;8-21H,1-7H3;5-13H,1-4H3;5-13,16H,1-4H3;4-13H,1-3H3/q3*+1;;+1/i;;1D3;;. The number of imidazole rings is 3. The van der Waals surface area contributed by atoms with E-state index in [1.165, 1.54) is 168 Å². The van der Waals surface area contributed by atoms with Crippen LogP contribution in [-0.2, 0) is 35.2 Å². The minimum absolute atomic E-state index is 0.357. The number of hydrogen-bond acceptors (Lipinski definition) is 2. The fraction of sp³-hybridized carbons (Fsp3) is 0.246. The molecule has 0 N–H and O–H groups in total. The number of hydrogen-bond donors (Lipinski definition) is 0. The number of aromatic nitrogens is 8. The Morgan fingerprint density at radius 1 is 0.288 bits per heavy atom. The van der Waals surface area contributed by atoms with E-state index in [9.17, 15) is 0 Å². The summed E-state index contributed by atoms with van der Waals surface area (Å²) in [5.41, 5.74) is 41.0. The van der Waals surface area contributed by atoms with Crippen LogP contribution in [0.2, 0.25) is 0 Å². The summed E-state index contributed by atoms with van der Waals surface area (Å²) >= 11 is 0. The van der Waals surface area contributed by atoms with Crippen LogP contribution in [0, 0.1) is 69.2 Å². The summed E-state index contributed by atoms with van der Waals surface area (Å²) in [5, 5.41) is 0. The van der Waals surface area contributed by atoms with Gasteiger partial charge in [-0.25, -0.2) is 18.3 Å². The largest absolute Gasteiger partial charge is 0.359 e. The van der Waals surface area contributed by atoms with Crippen LogP contribution < -0.4 is 23.3 Å². The summed E-state index contributed by atoms with van der Waals surface area (Å²) in [5.74, 6) is 5.16. The average molecular weight is 1750 g/mol. The average Bonchev–Trinajstić information content (AvgIpc) is 1.68. The molecule has 0 bridgehead atoms. The van der Waals surface area contributed by atoms with Gasteiger partial charge >= 0.3 is 0 Å². The molecule has 4 aromatic heterocycles. The topological polar surface area (TPSA) is 41.7 Å². The maximum Gasteiger partial charge on any atom is 0.294 e. The summed E-state index contributed by atoms with van der Waals surface area (Å²) in [4.78, 5) is 4.55. The number of nitrogens with zero attached hydrogens (tertiary/aromatic N) is 10. The highest BCUT2D eigenvalue weighted by molar-refractivity contribution is 5.83. The quantitative estimate of drug-likeness (QED) is 0.0853. The van der Waals surface area contributed by atoms with Crippen molar-refractivity contribution >= 4 is 5.69 Å². The van der Waals surface area contributed by atoms with Gasteiger partial charge in [0.1, 0.15) is 60.4 Å². The Labute approximate surface area is 791 Å². The summed E-state index contributed by atoms with van der Waals surface area (Å²) in [6.45, 7) is 38.2. The zero-order chi connectivity index (χ0) is 96.5. The van der Waals surface area contributed by atoms with E-state index in [0.717, 1.165) is 28.1 Å². The summed E-state index contributed by atoms with van der Waals surface area (Å²) in [7, 11) is 12.5. The highest BCUT2D eigenvalue weighted by Crippen LogP contribution is 2.43. The van der Waals surface area contributed by atoms with E-state index >= 15 is 0 Å². The van der Waals surface area contributed by atoms with E-state index in [-0.39, 0.29) is 0 Å². The summed E-state index contributed by atoms with van der Waals surface area (Å²) < 4.78 is 41.2. The first-order valence-corrected chi connectivity index (χ1v) is 46.7. The molecule has 1 aliphatic heterocycles. The third-order valence-corrected chi connectivity index (χ3v) is 26.7. The summed E-state index contributed by atoms with van der Waals surface area (Å²) in [6, 6.07) is 98.7. The van der Waals surface area contributed by atoms with Crippen molar-refractivity contribution in [3.63, 3.8) is 0 Å². The Balaban J connectivity index is 0.000000138. The van der Waals surface area contributed by atoms with Crippen LogP contribution in [0.1, 0.15) is 168 Å². The Morgan fingerprint density at radius 2 is 0.614 bits per heavy atom. The maximum atomic E-state index is 7.82. The lowest BCUT2D eigenvalue weighted by atomic mass is 9.88. The molecular weight excluding hydrogens is 1610 g/mol. The van der Waals surface area contributed by atoms with Gasteiger partial charge in [0, 0.05) is 57.6 Å². The molecule has 1 unspecified atom stereocenters. The van der Waals surface area contributed by atoms with E-state index in [0.29, 0.717) is 35.4 Å². The molecule has 132 heavy (non-hydrogen) atoms. The van der Waals surface area contributed by atoms with Crippen molar-refractivity contribution in [2.45, 2.75) is 161 Å². The molecule has 670 valence electrons. The van der Waals surface area contributed by atoms with E-state index in [4.69, 9.17) is 4.11 Å². The van der Waals surface area contributed by atoms with Crippen molar-refractivity contribution in [1.82, 2.24) is 23.3 Å². The molecule has 13 aromatic carbocycles. The van der Waals surface area contributed by atoms with Gasteiger partial charge in [0.25, 0.3) is 17.5 Å². The van der Waals surface area contributed by atoms with Gasteiger partial charge in [-0.3, -0.25) is 0 Å². The molecule has 5 heterocycles. The van der Waals surface area contributed by atoms with Gasteiger partial charge in [-0.15, -0.1) is 9.36 Å². The maximum absolute atomic E-state index is 7.82. The van der Waals surface area contributed by atoms with Gasteiger partial charge in [-0.2, -0.15) is 9.13 Å². The Kier molecular flexibility index (Phi) is 28.2. The van der Waals surface area contributed by atoms with Crippen LogP contribution in [0.3, 0.4) is 0 Å². The first-order chi connectivity index (χ1) is 64.7. The number of benzene rings is 13. The molecule has 1 aliphatic rings. The Hall–Kier alpha value is -14.0. The zero-order valence-corrected chi connectivity index (χ0v) is 82.2. The molecule has 10 heteroatoms. The highest BCUT2D eigenvalue weighted by Gasteiger charge is 2.32. The van der Waals surface area contributed by atoms with E-state index < -0.39 is 6.85 Å². The first-order valence-electron chi connectivity index (χ1n) is 48.2. The smallest absolute Gasteiger partial charge is 0.294 e. The van der Waals surface area contributed by atoms with Crippen molar-refractivity contribution in [3.8, 4) is 118 Å². The van der Waals surface area contributed by atoms with Crippen molar-refractivity contribution in [2.75, 3.05) is 11.9 Å². The lowest BCUT2D eigenvalue weighted by Gasteiger charge is -2.29. The molecule has 0 aliphatic carbocycles. The predicted molar refractivity (Wildman–Crippen MR) is 555 cm³/mol. The van der Waals surface area contributed by atoms with E-state index in [2.05, 4.69) is 485 Å². The SMILES string of the molecule is Cc1ccccc1-c1cccc(-c2n(-c3c(C(C)C)cc(-c4ccccc4)cc3C(C)C)cc[n+]2C)c1C.Cc1ccccc1-c1cccc(-c2n(-c3c(C(C)C)cccc3C(C)C)cc[n+]2C)c1C.Cc1ccccc1-c1cccc(-n2ccc[n+]2C)c1C.Cc1ccccc1-c1cccc(N2C=CN(C)C2C)c1C.[2H]C([2H])([2H])c1ccccc1-c1cccc(-c2n(C)cc[n+]2C)c1C. The molecule has 0 radical (unpaired) electrons. The number of aryl methyl sites for hydroxylation is 10. The number of anilines is 1. The fourth-order valence-electron chi connectivity index (χ4n) is 19.0. The van der Waals surface area contributed by atoms with Crippen molar-refractivity contribution in [1.29, 1.82) is 0 Å². The van der Waals surface area contributed by atoms with Crippen molar-refractivity contribution in [2.24, 2.45) is 35.2 Å². The molecule has 0 saturated heterocycles. The Morgan fingerprint density at radius 3 is 0.992 bits per heavy atom. The van der Waals surface area contributed by atoms with Crippen LogP contribution in [-0.4, -0.2) is 36.5 Å². The van der Waals surface area contributed by atoms with Crippen LogP contribution in [0.4, 0.5) is 5.69 Å². The fourth-order valence-corrected chi connectivity index (χ4v) is 19.0. The molecule has 18 rings (SSSR count). The first kappa shape index (κ1) is 90.0. The Bertz CT molecular complexity index is 7020. The molecule has 0 fully saturated rings. The zero-order valence-electron chi connectivity index (χ0n) is 85.2. The molecule has 1 atom stereocenters. The van der Waals surface area contributed by atoms with Gasteiger partial charge in [0.05, 0.1) is 51.1 Å². The van der Waals surface area contributed by atoms with Gasteiger partial charge in [-0.05, 0) is 265 Å². The third-order valence-electron chi connectivity index (χ3n) is 26.7. The van der Waals surface area contributed by atoms with Gasteiger partial charge in [-0.1, -0.05) is 286 Å². The van der Waals surface area contributed by atoms with Crippen LogP contribution in [0.25, 0.3) is 118 Å². The molecule has 0 amide bonds. The van der Waals surface area contributed by atoms with E-state index in [1.54, 1.807) is 12.1 Å². The second-order valence-corrected chi connectivity index (χ2v) is 36.9.